The predicted molar refractivity (Wildman–Crippen MR) is 71.6 cm³/mol. The zero-order chi connectivity index (χ0) is 15.2. The summed E-state index contributed by atoms with van der Waals surface area (Å²) < 4.78 is 4.28. The molecule has 0 saturated heterocycles. The number of nitrogens with two attached hydrogens (primary N) is 1. The van der Waals surface area contributed by atoms with Crippen molar-refractivity contribution in [2.45, 2.75) is 0 Å². The first kappa shape index (κ1) is 13.9. The fraction of sp³-hybridized carbons (Fsp3) is 0. The number of anilines is 2. The van der Waals surface area contributed by atoms with Gasteiger partial charge in [-0.15, -0.1) is 0 Å². The topological polar surface area (TPSA) is 162 Å². The number of hydrogen-bond acceptors (Lipinski definition) is 8. The highest BCUT2D eigenvalue weighted by atomic mass is 16.6. The van der Waals surface area contributed by atoms with Crippen LogP contribution in [0.5, 0.6) is 0 Å². The maximum absolute atomic E-state index is 11.4. The Bertz CT molecular complexity index is 696. The summed E-state index contributed by atoms with van der Waals surface area (Å²) >= 11 is 0. The van der Waals surface area contributed by atoms with E-state index in [1.807, 2.05) is 0 Å². The molecule has 0 unspecified atom stereocenters. The van der Waals surface area contributed by atoms with E-state index in [0.29, 0.717) is 0 Å². The molecule has 0 spiro atoms. The van der Waals surface area contributed by atoms with E-state index >= 15 is 0 Å². The molecule has 11 heteroatoms. The number of benzene rings is 1. The van der Waals surface area contributed by atoms with E-state index in [9.17, 15) is 14.9 Å². The number of amides is 2. The van der Waals surface area contributed by atoms with Gasteiger partial charge in [-0.05, 0) is 16.4 Å². The summed E-state index contributed by atoms with van der Waals surface area (Å²) in [4.78, 5) is 21.7. The maximum atomic E-state index is 11.4. The molecule has 0 bridgehead atoms. The Balaban J connectivity index is 1.98. The van der Waals surface area contributed by atoms with Crippen LogP contribution in [-0.2, 0) is 0 Å². The molecule has 2 rings (SSSR count). The summed E-state index contributed by atoms with van der Waals surface area (Å²) in [5, 5.41) is 23.2. The molecular weight excluding hydrogens is 282 g/mol. The minimum atomic E-state index is -0.757. The normalized spacial score (nSPS) is 10.5. The average molecular weight is 291 g/mol. The molecule has 0 atom stereocenters. The van der Waals surface area contributed by atoms with Crippen LogP contribution in [0.1, 0.15) is 5.56 Å². The molecule has 0 radical (unpaired) electrons. The second-order valence-corrected chi connectivity index (χ2v) is 3.64. The number of nitrogen functional groups attached to an aromatic ring is 1. The minimum Gasteiger partial charge on any atom is -0.378 e. The van der Waals surface area contributed by atoms with Crippen molar-refractivity contribution in [3.63, 3.8) is 0 Å². The van der Waals surface area contributed by atoms with Gasteiger partial charge in [0.05, 0.1) is 16.7 Å². The molecule has 0 saturated carbocycles. The van der Waals surface area contributed by atoms with E-state index < -0.39 is 11.0 Å². The van der Waals surface area contributed by atoms with Gasteiger partial charge in [-0.2, -0.15) is 5.10 Å². The number of nitro groups is 1. The molecule has 21 heavy (non-hydrogen) atoms. The van der Waals surface area contributed by atoms with Crippen LogP contribution in [0.3, 0.4) is 0 Å². The molecule has 11 nitrogen and oxygen atoms in total. The number of para-hydroxylation sites is 1. The van der Waals surface area contributed by atoms with Crippen molar-refractivity contribution in [2.75, 3.05) is 11.1 Å². The third-order valence-electron chi connectivity index (χ3n) is 2.25. The monoisotopic (exact) mass is 291 g/mol. The fourth-order valence-electron chi connectivity index (χ4n) is 1.34. The van der Waals surface area contributed by atoms with Gasteiger partial charge in [0.25, 0.3) is 5.69 Å². The van der Waals surface area contributed by atoms with E-state index in [1.165, 1.54) is 18.2 Å². The number of nitrogens with one attached hydrogen (secondary N) is 2. The standard InChI is InChI=1S/C10H9N7O4/c11-8-9(16-21-15-8)13-10(18)14-12-5-6-3-1-2-4-7(6)17(19)20/h1-5H,(H2,11,15)(H2,13,14,16,18)/b12-5+. The van der Waals surface area contributed by atoms with E-state index in [2.05, 4.69) is 30.8 Å². The van der Waals surface area contributed by atoms with Crippen LogP contribution in [0.15, 0.2) is 34.0 Å². The van der Waals surface area contributed by atoms with Gasteiger partial charge in [-0.25, -0.2) is 14.8 Å². The van der Waals surface area contributed by atoms with E-state index in [4.69, 9.17) is 5.73 Å². The maximum Gasteiger partial charge on any atom is 0.340 e. The summed E-state index contributed by atoms with van der Waals surface area (Å²) in [7, 11) is 0. The minimum absolute atomic E-state index is 0.0617. The molecule has 108 valence electrons. The van der Waals surface area contributed by atoms with Crippen molar-refractivity contribution >= 4 is 29.6 Å². The number of hydrogen-bond donors (Lipinski definition) is 3. The summed E-state index contributed by atoms with van der Waals surface area (Å²) in [5.41, 5.74) is 7.54. The first-order valence-corrected chi connectivity index (χ1v) is 5.49. The van der Waals surface area contributed by atoms with Gasteiger partial charge in [-0.1, -0.05) is 12.1 Å². The number of carbonyl (C=O) groups is 1. The van der Waals surface area contributed by atoms with Gasteiger partial charge in [0, 0.05) is 6.07 Å². The van der Waals surface area contributed by atoms with Crippen molar-refractivity contribution in [1.29, 1.82) is 0 Å². The van der Waals surface area contributed by atoms with Gasteiger partial charge >= 0.3 is 6.03 Å². The third-order valence-corrected chi connectivity index (χ3v) is 2.25. The number of nitro benzene ring substituents is 1. The number of carbonyl (C=O) groups excluding carboxylic acids is 1. The summed E-state index contributed by atoms with van der Waals surface area (Å²) in [6.07, 6.45) is 1.14. The lowest BCUT2D eigenvalue weighted by molar-refractivity contribution is -0.385. The van der Waals surface area contributed by atoms with Crippen molar-refractivity contribution in [2.24, 2.45) is 5.10 Å². The fourth-order valence-corrected chi connectivity index (χ4v) is 1.34. The van der Waals surface area contributed by atoms with Crippen molar-refractivity contribution in [3.05, 3.63) is 39.9 Å². The second kappa shape index (κ2) is 6.10. The highest BCUT2D eigenvalue weighted by Crippen LogP contribution is 2.15. The molecule has 1 aromatic carbocycles. The summed E-state index contributed by atoms with van der Waals surface area (Å²) in [6.45, 7) is 0. The van der Waals surface area contributed by atoms with Crippen LogP contribution in [0, 0.1) is 10.1 Å². The van der Waals surface area contributed by atoms with Crippen LogP contribution in [-0.4, -0.2) is 27.5 Å². The van der Waals surface area contributed by atoms with Gasteiger partial charge in [-0.3, -0.25) is 15.4 Å². The van der Waals surface area contributed by atoms with Gasteiger partial charge in [0.15, 0.2) is 0 Å². The number of hydrazone groups is 1. The molecule has 0 fully saturated rings. The molecule has 1 aromatic heterocycles. The Morgan fingerprint density at radius 2 is 2.19 bits per heavy atom. The summed E-state index contributed by atoms with van der Waals surface area (Å²) in [6, 6.07) is 5.18. The van der Waals surface area contributed by atoms with Crippen LogP contribution in [0.4, 0.5) is 22.1 Å². The molecular formula is C10H9N7O4. The second-order valence-electron chi connectivity index (χ2n) is 3.64. The Labute approximate surface area is 116 Å². The third kappa shape index (κ3) is 3.50. The Morgan fingerprint density at radius 3 is 2.86 bits per heavy atom. The van der Waals surface area contributed by atoms with Crippen molar-refractivity contribution in [3.8, 4) is 0 Å². The Kier molecular flexibility index (Phi) is 4.04. The number of rotatable bonds is 4. The highest BCUT2D eigenvalue weighted by molar-refractivity contribution is 5.92. The Hall–Kier alpha value is -3.50. The average Bonchev–Trinajstić information content (AvgIpc) is 2.84. The zero-order valence-corrected chi connectivity index (χ0v) is 10.4. The summed E-state index contributed by atoms with van der Waals surface area (Å²) in [5.74, 6) is -0.152. The SMILES string of the molecule is Nc1nonc1NC(=O)N/N=C/c1ccccc1[N+](=O)[O-]. The molecule has 4 N–H and O–H groups in total. The Morgan fingerprint density at radius 1 is 1.43 bits per heavy atom. The zero-order valence-electron chi connectivity index (χ0n) is 10.4. The number of aromatic nitrogens is 2. The molecule has 0 aliphatic heterocycles. The predicted octanol–water partition coefficient (Wildman–Crippen LogP) is 0.716. The molecule has 1 heterocycles. The van der Waals surface area contributed by atoms with Crippen LogP contribution < -0.4 is 16.5 Å². The lowest BCUT2D eigenvalue weighted by atomic mass is 10.2. The highest BCUT2D eigenvalue weighted by Gasteiger charge is 2.11. The van der Waals surface area contributed by atoms with Crippen LogP contribution >= 0.6 is 0 Å². The quantitative estimate of drug-likeness (QED) is 0.424. The number of urea groups is 1. The van der Waals surface area contributed by atoms with Gasteiger partial charge < -0.3 is 5.73 Å². The van der Waals surface area contributed by atoms with Crippen LogP contribution in [0.2, 0.25) is 0 Å². The first-order valence-electron chi connectivity index (χ1n) is 5.49. The first-order chi connectivity index (χ1) is 10.1. The van der Waals surface area contributed by atoms with Gasteiger partial charge in [0.2, 0.25) is 11.6 Å². The largest absolute Gasteiger partial charge is 0.378 e. The molecule has 0 aliphatic rings. The molecule has 2 amide bonds. The van der Waals surface area contributed by atoms with Crippen molar-refractivity contribution in [1.82, 2.24) is 15.7 Å². The molecule has 0 aliphatic carbocycles. The van der Waals surface area contributed by atoms with Crippen molar-refractivity contribution < 1.29 is 14.3 Å². The lowest BCUT2D eigenvalue weighted by Crippen LogP contribution is -2.24. The smallest absolute Gasteiger partial charge is 0.340 e. The van der Waals surface area contributed by atoms with Gasteiger partial charge in [0.1, 0.15) is 0 Å². The lowest BCUT2D eigenvalue weighted by Gasteiger charge is -2.00. The molecule has 2 aromatic rings. The van der Waals surface area contributed by atoms with E-state index in [1.54, 1.807) is 6.07 Å². The van der Waals surface area contributed by atoms with E-state index in [0.717, 1.165) is 6.21 Å². The van der Waals surface area contributed by atoms with Crippen LogP contribution in [0.25, 0.3) is 0 Å². The van der Waals surface area contributed by atoms with E-state index in [-0.39, 0.29) is 22.9 Å². The number of nitrogens with zero attached hydrogens (tertiary/aromatic N) is 4.